The number of hydrogen-bond acceptors (Lipinski definition) is 2. The van der Waals surface area contributed by atoms with E-state index in [2.05, 4.69) is 0 Å². The van der Waals surface area contributed by atoms with Gasteiger partial charge in [0.15, 0.2) is 12.4 Å². The van der Waals surface area contributed by atoms with Gasteiger partial charge in [0.25, 0.3) is 0 Å². The summed E-state index contributed by atoms with van der Waals surface area (Å²) in [6.07, 6.45) is 3.26. The van der Waals surface area contributed by atoms with Gasteiger partial charge in [-0.05, 0) is 0 Å². The molecule has 0 atom stereocenters. The fourth-order valence-corrected chi connectivity index (χ4v) is 0.730. The van der Waals surface area contributed by atoms with E-state index in [0.717, 1.165) is 0 Å². The lowest BCUT2D eigenvalue weighted by molar-refractivity contribution is -0.685. The zero-order chi connectivity index (χ0) is 8.27. The Balaban J connectivity index is 0.00000121. The molecule has 0 aliphatic heterocycles. The van der Waals surface area contributed by atoms with E-state index < -0.39 is 5.97 Å². The maximum atomic E-state index is 10.2. The molecule has 1 rings (SSSR count). The first-order chi connectivity index (χ1) is 5.18. The predicted molar refractivity (Wildman–Crippen MR) is 38.7 cm³/mol. The standard InChI is InChI=1S/C7H8N2O2.BrH/c8-6-1-3-9(4-2-6)5-7(10)11;/h1-4,8H,5H2,(H,10,11);1H. The van der Waals surface area contributed by atoms with Gasteiger partial charge in [0.2, 0.25) is 6.54 Å². The Hall–Kier alpha value is -1.10. The van der Waals surface area contributed by atoms with Crippen molar-refractivity contribution >= 4 is 11.7 Å². The number of pyridine rings is 1. The van der Waals surface area contributed by atoms with Gasteiger partial charge in [-0.1, -0.05) is 0 Å². The fraction of sp³-hybridized carbons (Fsp3) is 0.143. The van der Waals surface area contributed by atoms with Gasteiger partial charge in [0.1, 0.15) is 0 Å². The van der Waals surface area contributed by atoms with Crippen LogP contribution >= 0.6 is 0 Å². The van der Waals surface area contributed by atoms with Crippen molar-refractivity contribution in [2.24, 2.45) is 0 Å². The molecule has 12 heavy (non-hydrogen) atoms. The highest BCUT2D eigenvalue weighted by atomic mass is 79.9. The summed E-state index contributed by atoms with van der Waals surface area (Å²) in [6, 6.07) is 3.31. The Morgan fingerprint density at radius 1 is 1.50 bits per heavy atom. The second-order valence-electron chi connectivity index (χ2n) is 2.20. The summed E-state index contributed by atoms with van der Waals surface area (Å²) in [7, 11) is 0. The normalized spacial score (nSPS) is 8.67. The summed E-state index contributed by atoms with van der Waals surface area (Å²) < 4.78 is 1.54. The molecule has 0 unspecified atom stereocenters. The lowest BCUT2D eigenvalue weighted by Crippen LogP contribution is -3.00. The fourth-order valence-electron chi connectivity index (χ4n) is 0.730. The van der Waals surface area contributed by atoms with Gasteiger partial charge in [0.05, 0.1) is 0 Å². The van der Waals surface area contributed by atoms with Crippen LogP contribution in [-0.2, 0) is 11.3 Å². The van der Waals surface area contributed by atoms with Crippen molar-refractivity contribution in [3.8, 4) is 0 Å². The lowest BCUT2D eigenvalue weighted by Gasteiger charge is -1.91. The molecular formula is C7H9BrN2O2. The Morgan fingerprint density at radius 2 is 2.00 bits per heavy atom. The van der Waals surface area contributed by atoms with E-state index in [1.54, 1.807) is 29.1 Å². The van der Waals surface area contributed by atoms with Crippen LogP contribution in [0, 0.1) is 0 Å². The smallest absolute Gasteiger partial charge is 0.370 e. The van der Waals surface area contributed by atoms with Crippen LogP contribution < -0.4 is 27.3 Å². The minimum Gasteiger partial charge on any atom is -1.00 e. The number of carboxylic acid groups (broad SMARTS) is 1. The number of aliphatic carboxylic acids is 1. The van der Waals surface area contributed by atoms with Crippen LogP contribution in [0.1, 0.15) is 0 Å². The van der Waals surface area contributed by atoms with Crippen molar-refractivity contribution in [2.45, 2.75) is 6.54 Å². The van der Waals surface area contributed by atoms with Crippen molar-refractivity contribution in [3.63, 3.8) is 0 Å². The van der Waals surface area contributed by atoms with Crippen molar-refractivity contribution in [3.05, 3.63) is 24.5 Å². The molecular weight excluding hydrogens is 224 g/mol. The number of anilines is 1. The van der Waals surface area contributed by atoms with Gasteiger partial charge in [-0.25, -0.2) is 4.79 Å². The molecule has 3 N–H and O–H groups in total. The van der Waals surface area contributed by atoms with Crippen molar-refractivity contribution in [1.82, 2.24) is 0 Å². The molecule has 1 heterocycles. The maximum absolute atomic E-state index is 10.2. The largest absolute Gasteiger partial charge is 1.00 e. The maximum Gasteiger partial charge on any atom is 0.370 e. The van der Waals surface area contributed by atoms with Crippen molar-refractivity contribution in [1.29, 1.82) is 0 Å². The van der Waals surface area contributed by atoms with Crippen LogP contribution in [0.2, 0.25) is 0 Å². The monoisotopic (exact) mass is 232 g/mol. The average molecular weight is 233 g/mol. The zero-order valence-electron chi connectivity index (χ0n) is 6.27. The molecule has 0 radical (unpaired) electrons. The first-order valence-corrected chi connectivity index (χ1v) is 3.15. The van der Waals surface area contributed by atoms with Crippen LogP contribution in [0.15, 0.2) is 24.5 Å². The molecule has 0 amide bonds. The molecule has 0 fully saturated rings. The number of rotatable bonds is 2. The number of nitrogens with zero attached hydrogens (tertiary/aromatic N) is 1. The van der Waals surface area contributed by atoms with E-state index in [1.165, 1.54) is 0 Å². The van der Waals surface area contributed by atoms with Crippen LogP contribution in [0.25, 0.3) is 0 Å². The van der Waals surface area contributed by atoms with E-state index >= 15 is 0 Å². The molecule has 0 saturated heterocycles. The van der Waals surface area contributed by atoms with Crippen molar-refractivity contribution in [2.75, 3.05) is 5.73 Å². The van der Waals surface area contributed by atoms with E-state index in [9.17, 15) is 4.79 Å². The highest BCUT2D eigenvalue weighted by Crippen LogP contribution is 1.92. The highest BCUT2D eigenvalue weighted by Gasteiger charge is 2.04. The number of hydrogen-bond donors (Lipinski definition) is 2. The van der Waals surface area contributed by atoms with E-state index in [1.807, 2.05) is 0 Å². The second-order valence-corrected chi connectivity index (χ2v) is 2.20. The lowest BCUT2D eigenvalue weighted by atomic mass is 10.4. The molecule has 66 valence electrons. The Bertz CT molecular complexity index is 261. The minimum atomic E-state index is -0.861. The molecule has 0 aliphatic rings. The molecule has 5 heteroatoms. The molecule has 0 spiro atoms. The van der Waals surface area contributed by atoms with Gasteiger partial charge in [-0.15, -0.1) is 0 Å². The summed E-state index contributed by atoms with van der Waals surface area (Å²) in [5.41, 5.74) is 6.03. The quantitative estimate of drug-likeness (QED) is 0.524. The number of halogens is 1. The first kappa shape index (κ1) is 10.9. The third-order valence-corrected chi connectivity index (χ3v) is 1.23. The predicted octanol–water partition coefficient (Wildman–Crippen LogP) is -3.36. The van der Waals surface area contributed by atoms with Gasteiger partial charge < -0.3 is 27.8 Å². The Kier molecular flexibility index (Phi) is 4.28. The van der Waals surface area contributed by atoms with Crippen LogP contribution in [-0.4, -0.2) is 11.1 Å². The SMILES string of the molecule is Nc1cc[n+](CC(=O)O)cc1.[Br-]. The first-order valence-electron chi connectivity index (χ1n) is 3.15. The summed E-state index contributed by atoms with van der Waals surface area (Å²) in [5.74, 6) is -0.861. The highest BCUT2D eigenvalue weighted by molar-refractivity contribution is 5.64. The Morgan fingerprint density at radius 3 is 2.42 bits per heavy atom. The van der Waals surface area contributed by atoms with E-state index in [4.69, 9.17) is 10.8 Å². The molecule has 0 aromatic carbocycles. The second kappa shape index (κ2) is 4.71. The molecule has 0 aliphatic carbocycles. The summed E-state index contributed by atoms with van der Waals surface area (Å²) in [4.78, 5) is 10.2. The molecule has 1 aromatic rings. The number of aromatic nitrogens is 1. The topological polar surface area (TPSA) is 67.2 Å². The summed E-state index contributed by atoms with van der Waals surface area (Å²) >= 11 is 0. The number of carboxylic acids is 1. The minimum absolute atomic E-state index is 0. The van der Waals surface area contributed by atoms with Crippen LogP contribution in [0.5, 0.6) is 0 Å². The van der Waals surface area contributed by atoms with Crippen LogP contribution in [0.3, 0.4) is 0 Å². The van der Waals surface area contributed by atoms with E-state index in [0.29, 0.717) is 5.69 Å². The molecule has 1 aromatic heterocycles. The Labute approximate surface area is 80.4 Å². The third-order valence-electron chi connectivity index (χ3n) is 1.23. The van der Waals surface area contributed by atoms with Gasteiger partial charge in [-0.3, -0.25) is 0 Å². The number of carbonyl (C=O) groups is 1. The third kappa shape index (κ3) is 3.34. The molecule has 0 bridgehead atoms. The molecule has 4 nitrogen and oxygen atoms in total. The van der Waals surface area contributed by atoms with Gasteiger partial charge in [0, 0.05) is 17.8 Å². The molecule has 0 saturated carbocycles. The summed E-state index contributed by atoms with van der Waals surface area (Å²) in [5, 5.41) is 8.38. The van der Waals surface area contributed by atoms with Crippen molar-refractivity contribution < 1.29 is 31.4 Å². The van der Waals surface area contributed by atoms with Gasteiger partial charge >= 0.3 is 5.97 Å². The average Bonchev–Trinajstić information content (AvgIpc) is 1.93. The number of nitrogens with two attached hydrogens (primary N) is 1. The van der Waals surface area contributed by atoms with Gasteiger partial charge in [-0.2, -0.15) is 4.57 Å². The zero-order valence-corrected chi connectivity index (χ0v) is 7.86. The summed E-state index contributed by atoms with van der Waals surface area (Å²) in [6.45, 7) is -0.0275. The van der Waals surface area contributed by atoms with Crippen LogP contribution in [0.4, 0.5) is 5.69 Å². The number of nitrogen functional groups attached to an aromatic ring is 1. The van der Waals surface area contributed by atoms with E-state index in [-0.39, 0.29) is 23.5 Å².